The summed E-state index contributed by atoms with van der Waals surface area (Å²) in [5.74, 6) is 0.724. The average molecular weight is 245 g/mol. The topological polar surface area (TPSA) is 41.6 Å². The molecule has 98 valence electrons. The second-order valence-corrected chi connectivity index (χ2v) is 5.03. The molecule has 3 nitrogen and oxygen atoms in total. The largest absolute Gasteiger partial charge is 0.370 e. The van der Waals surface area contributed by atoms with Gasteiger partial charge in [-0.3, -0.25) is 4.99 Å². The van der Waals surface area contributed by atoms with Crippen molar-refractivity contribution in [1.82, 2.24) is 4.90 Å². The van der Waals surface area contributed by atoms with Crippen LogP contribution in [0.3, 0.4) is 0 Å². The lowest BCUT2D eigenvalue weighted by molar-refractivity contribution is 0.338. The maximum Gasteiger partial charge on any atom is 0.191 e. The van der Waals surface area contributed by atoms with E-state index in [1.54, 1.807) is 0 Å². The fourth-order valence-electron chi connectivity index (χ4n) is 2.39. The normalized spacial score (nSPS) is 16.9. The highest BCUT2D eigenvalue weighted by atomic mass is 15.2. The number of rotatable bonds is 3. The molecule has 0 unspecified atom stereocenters. The summed E-state index contributed by atoms with van der Waals surface area (Å²) < 4.78 is 0. The number of hydrogen-bond acceptors (Lipinski definition) is 1. The summed E-state index contributed by atoms with van der Waals surface area (Å²) in [7, 11) is 0. The van der Waals surface area contributed by atoms with Gasteiger partial charge < -0.3 is 10.6 Å². The van der Waals surface area contributed by atoms with Gasteiger partial charge in [-0.1, -0.05) is 29.8 Å². The summed E-state index contributed by atoms with van der Waals surface area (Å²) in [6.45, 7) is 5.04. The second kappa shape index (κ2) is 6.43. The van der Waals surface area contributed by atoms with E-state index in [0.29, 0.717) is 0 Å². The quantitative estimate of drug-likeness (QED) is 0.656. The third-order valence-electron chi connectivity index (χ3n) is 3.44. The van der Waals surface area contributed by atoms with Gasteiger partial charge in [0.25, 0.3) is 0 Å². The third-order valence-corrected chi connectivity index (χ3v) is 3.44. The third kappa shape index (κ3) is 3.76. The molecule has 1 aromatic rings. The lowest BCUT2D eigenvalue weighted by atomic mass is 10.1. The zero-order chi connectivity index (χ0) is 12.8. The van der Waals surface area contributed by atoms with Crippen LogP contribution in [0.4, 0.5) is 0 Å². The summed E-state index contributed by atoms with van der Waals surface area (Å²) in [4.78, 5) is 6.70. The number of nitrogens with zero attached hydrogens (tertiary/aromatic N) is 2. The van der Waals surface area contributed by atoms with Gasteiger partial charge in [0.1, 0.15) is 0 Å². The van der Waals surface area contributed by atoms with Crippen molar-refractivity contribution in [2.24, 2.45) is 10.7 Å². The summed E-state index contributed by atoms with van der Waals surface area (Å²) in [5, 5.41) is 0. The smallest absolute Gasteiger partial charge is 0.191 e. The highest BCUT2D eigenvalue weighted by Crippen LogP contribution is 2.08. The second-order valence-electron chi connectivity index (χ2n) is 5.03. The molecule has 2 rings (SSSR count). The van der Waals surface area contributed by atoms with Crippen molar-refractivity contribution >= 4 is 5.96 Å². The summed E-state index contributed by atoms with van der Waals surface area (Å²) in [6, 6.07) is 8.59. The Balaban J connectivity index is 1.83. The Bertz CT molecular complexity index is 406. The molecule has 1 aliphatic rings. The van der Waals surface area contributed by atoms with Crippen LogP contribution in [0, 0.1) is 6.92 Å². The van der Waals surface area contributed by atoms with Crippen LogP contribution in [0.15, 0.2) is 29.3 Å². The van der Waals surface area contributed by atoms with Crippen molar-refractivity contribution in [3.63, 3.8) is 0 Å². The molecule has 3 heteroatoms. The number of guanidine groups is 1. The Labute approximate surface area is 110 Å². The van der Waals surface area contributed by atoms with Gasteiger partial charge in [0, 0.05) is 19.6 Å². The molecular weight excluding hydrogens is 222 g/mol. The molecule has 0 amide bonds. The Morgan fingerprint density at radius 1 is 1.28 bits per heavy atom. The van der Waals surface area contributed by atoms with Gasteiger partial charge in [-0.15, -0.1) is 0 Å². The molecule has 0 bridgehead atoms. The number of aliphatic imine (C=N–C) groups is 1. The van der Waals surface area contributed by atoms with Crippen molar-refractivity contribution in [3.05, 3.63) is 35.4 Å². The first kappa shape index (κ1) is 12.9. The number of hydrogen-bond donors (Lipinski definition) is 1. The average Bonchev–Trinajstić information content (AvgIpc) is 2.40. The van der Waals surface area contributed by atoms with Crippen LogP contribution >= 0.6 is 0 Å². The van der Waals surface area contributed by atoms with Crippen molar-refractivity contribution in [2.75, 3.05) is 19.6 Å². The number of aryl methyl sites for hydroxylation is 1. The van der Waals surface area contributed by atoms with Gasteiger partial charge in [0.2, 0.25) is 0 Å². The molecule has 1 aromatic carbocycles. The number of likely N-dealkylation sites (tertiary alicyclic amines) is 1. The Morgan fingerprint density at radius 3 is 2.78 bits per heavy atom. The van der Waals surface area contributed by atoms with E-state index < -0.39 is 0 Å². The Kier molecular flexibility index (Phi) is 4.62. The molecule has 1 fully saturated rings. The van der Waals surface area contributed by atoms with E-state index in [1.165, 1.54) is 30.4 Å². The predicted octanol–water partition coefficient (Wildman–Crippen LogP) is 2.34. The number of benzene rings is 1. The predicted molar refractivity (Wildman–Crippen MR) is 76.8 cm³/mol. The Morgan fingerprint density at radius 2 is 2.06 bits per heavy atom. The van der Waals surface area contributed by atoms with Crippen LogP contribution in [0.25, 0.3) is 0 Å². The number of piperidine rings is 1. The van der Waals surface area contributed by atoms with Crippen LogP contribution in [0.5, 0.6) is 0 Å². The fraction of sp³-hybridized carbons (Fsp3) is 0.533. The molecule has 1 aliphatic heterocycles. The van der Waals surface area contributed by atoms with Gasteiger partial charge in [-0.2, -0.15) is 0 Å². The van der Waals surface area contributed by atoms with E-state index in [0.717, 1.165) is 32.0 Å². The zero-order valence-corrected chi connectivity index (χ0v) is 11.2. The summed E-state index contributed by atoms with van der Waals surface area (Å²) in [5.41, 5.74) is 8.66. The highest BCUT2D eigenvalue weighted by Gasteiger charge is 2.11. The van der Waals surface area contributed by atoms with Crippen LogP contribution in [0.2, 0.25) is 0 Å². The molecule has 0 aliphatic carbocycles. The highest BCUT2D eigenvalue weighted by molar-refractivity contribution is 5.78. The number of nitrogens with two attached hydrogens (primary N) is 1. The molecule has 0 radical (unpaired) electrons. The van der Waals surface area contributed by atoms with E-state index in [2.05, 4.69) is 41.1 Å². The maximum absolute atomic E-state index is 6.02. The molecule has 0 spiro atoms. The minimum absolute atomic E-state index is 0.724. The molecule has 18 heavy (non-hydrogen) atoms. The van der Waals surface area contributed by atoms with Crippen molar-refractivity contribution in [1.29, 1.82) is 0 Å². The first-order valence-electron chi connectivity index (χ1n) is 6.86. The zero-order valence-electron chi connectivity index (χ0n) is 11.2. The lowest BCUT2D eigenvalue weighted by Crippen LogP contribution is -2.41. The Hall–Kier alpha value is -1.51. The first-order chi connectivity index (χ1) is 8.75. The molecule has 0 aromatic heterocycles. The summed E-state index contributed by atoms with van der Waals surface area (Å²) >= 11 is 0. The molecule has 0 atom stereocenters. The van der Waals surface area contributed by atoms with E-state index in [1.807, 2.05) is 0 Å². The minimum atomic E-state index is 0.724. The maximum atomic E-state index is 6.02. The van der Waals surface area contributed by atoms with E-state index in [-0.39, 0.29) is 0 Å². The molecular formula is C15H23N3. The van der Waals surface area contributed by atoms with Crippen LogP contribution in [0.1, 0.15) is 30.4 Å². The molecule has 2 N–H and O–H groups in total. The molecule has 0 saturated carbocycles. The lowest BCUT2D eigenvalue weighted by Gasteiger charge is -2.27. The van der Waals surface area contributed by atoms with Gasteiger partial charge >= 0.3 is 0 Å². The molecule has 1 saturated heterocycles. The van der Waals surface area contributed by atoms with Crippen molar-refractivity contribution in [2.45, 2.75) is 32.6 Å². The monoisotopic (exact) mass is 245 g/mol. The van der Waals surface area contributed by atoms with Crippen LogP contribution in [-0.2, 0) is 6.42 Å². The van der Waals surface area contributed by atoms with Crippen molar-refractivity contribution < 1.29 is 0 Å². The van der Waals surface area contributed by atoms with Crippen LogP contribution in [-0.4, -0.2) is 30.5 Å². The van der Waals surface area contributed by atoms with Crippen molar-refractivity contribution in [3.8, 4) is 0 Å². The van der Waals surface area contributed by atoms with E-state index in [9.17, 15) is 0 Å². The SMILES string of the molecule is Cc1cccc(CCN=C(N)N2CCCCC2)c1. The minimum Gasteiger partial charge on any atom is -0.370 e. The van der Waals surface area contributed by atoms with E-state index in [4.69, 9.17) is 5.73 Å². The van der Waals surface area contributed by atoms with Gasteiger partial charge in [-0.25, -0.2) is 0 Å². The van der Waals surface area contributed by atoms with E-state index >= 15 is 0 Å². The van der Waals surface area contributed by atoms with Gasteiger partial charge in [0.05, 0.1) is 0 Å². The standard InChI is InChI=1S/C15H23N3/c1-13-6-5-7-14(12-13)8-9-17-15(16)18-10-3-2-4-11-18/h5-7,12H,2-4,8-11H2,1H3,(H2,16,17). The fourth-order valence-corrected chi connectivity index (χ4v) is 2.39. The van der Waals surface area contributed by atoms with Crippen LogP contribution < -0.4 is 5.73 Å². The summed E-state index contributed by atoms with van der Waals surface area (Å²) in [6.07, 6.45) is 4.78. The van der Waals surface area contributed by atoms with Gasteiger partial charge in [0.15, 0.2) is 5.96 Å². The molecule has 1 heterocycles. The first-order valence-corrected chi connectivity index (χ1v) is 6.86. The van der Waals surface area contributed by atoms with Gasteiger partial charge in [-0.05, 0) is 38.2 Å².